The van der Waals surface area contributed by atoms with Crippen LogP contribution in [0.3, 0.4) is 0 Å². The van der Waals surface area contributed by atoms with Gasteiger partial charge in [-0.05, 0) is 26.2 Å². The van der Waals surface area contributed by atoms with Crippen molar-refractivity contribution in [2.75, 3.05) is 13.1 Å². The van der Waals surface area contributed by atoms with Crippen LogP contribution < -0.4 is 5.32 Å². The lowest BCUT2D eigenvalue weighted by atomic mass is 10.1. The minimum Gasteiger partial charge on any atom is -0.350 e. The van der Waals surface area contributed by atoms with Crippen LogP contribution in [0, 0.1) is 6.92 Å². The Morgan fingerprint density at radius 3 is 2.83 bits per heavy atom. The second kappa shape index (κ2) is 5.81. The topological polar surface area (TPSA) is 58.4 Å². The number of benzene rings is 1. The highest BCUT2D eigenvalue weighted by molar-refractivity contribution is 5.92. The first-order chi connectivity index (χ1) is 11.2. The van der Waals surface area contributed by atoms with Gasteiger partial charge in [-0.2, -0.15) is 0 Å². The van der Waals surface area contributed by atoms with Gasteiger partial charge in [-0.25, -0.2) is 0 Å². The maximum Gasteiger partial charge on any atom is 0.292 e. The molecule has 3 heterocycles. The smallest absolute Gasteiger partial charge is 0.292 e. The van der Waals surface area contributed by atoms with Gasteiger partial charge in [0.15, 0.2) is 0 Å². The lowest BCUT2D eigenvalue weighted by molar-refractivity contribution is 0.0706. The number of aryl methyl sites for hydroxylation is 1. The Labute approximate surface area is 135 Å². The number of carbonyl (C=O) groups excluding carboxylic acids is 1. The first kappa shape index (κ1) is 14.5. The Hall–Kier alpha value is -2.14. The van der Waals surface area contributed by atoms with Gasteiger partial charge >= 0.3 is 0 Å². The third-order valence-electron chi connectivity index (χ3n) is 4.88. The number of nitrogens with zero attached hydrogens (tertiary/aromatic N) is 2. The molecular weight excluding hydrogens is 290 g/mol. The third kappa shape index (κ3) is 2.88. The summed E-state index contributed by atoms with van der Waals surface area (Å²) in [6, 6.07) is 10.8. The van der Waals surface area contributed by atoms with Crippen LogP contribution in [0.2, 0.25) is 0 Å². The molecule has 5 heteroatoms. The summed E-state index contributed by atoms with van der Waals surface area (Å²) in [6.45, 7) is 3.59. The first-order valence-electron chi connectivity index (χ1n) is 8.28. The van der Waals surface area contributed by atoms with Gasteiger partial charge in [0, 0.05) is 36.8 Å². The molecule has 0 aliphatic carbocycles. The highest BCUT2D eigenvalue weighted by Gasteiger charge is 2.32. The van der Waals surface area contributed by atoms with Crippen LogP contribution in [0.25, 0.3) is 11.3 Å². The summed E-state index contributed by atoms with van der Waals surface area (Å²) in [5, 5.41) is 7.65. The van der Waals surface area contributed by atoms with E-state index in [-0.39, 0.29) is 5.91 Å². The fraction of sp³-hybridized carbons (Fsp3) is 0.444. The number of hydrogen-bond donors (Lipinski definition) is 1. The largest absolute Gasteiger partial charge is 0.350 e. The van der Waals surface area contributed by atoms with Gasteiger partial charge in [0.2, 0.25) is 5.76 Å². The molecule has 2 unspecified atom stereocenters. The summed E-state index contributed by atoms with van der Waals surface area (Å²) in [6.07, 6.45) is 3.40. The average Bonchev–Trinajstić information content (AvgIpc) is 3.14. The molecule has 0 saturated carbocycles. The van der Waals surface area contributed by atoms with E-state index in [2.05, 4.69) is 10.5 Å². The van der Waals surface area contributed by atoms with E-state index < -0.39 is 0 Å². The number of hydrogen-bond acceptors (Lipinski definition) is 4. The van der Waals surface area contributed by atoms with Crippen molar-refractivity contribution in [3.8, 4) is 11.3 Å². The second-order valence-electron chi connectivity index (χ2n) is 6.62. The molecule has 1 amide bonds. The van der Waals surface area contributed by atoms with Gasteiger partial charge in [0.1, 0.15) is 5.69 Å². The molecule has 0 spiro atoms. The van der Waals surface area contributed by atoms with E-state index in [9.17, 15) is 4.79 Å². The summed E-state index contributed by atoms with van der Waals surface area (Å²) in [4.78, 5) is 14.6. The lowest BCUT2D eigenvalue weighted by Crippen LogP contribution is -2.38. The maximum absolute atomic E-state index is 12.7. The van der Waals surface area contributed by atoms with Crippen LogP contribution in [0.5, 0.6) is 0 Å². The summed E-state index contributed by atoms with van der Waals surface area (Å²) in [7, 11) is 0. The molecule has 2 bridgehead atoms. The van der Waals surface area contributed by atoms with E-state index >= 15 is 0 Å². The monoisotopic (exact) mass is 311 g/mol. The van der Waals surface area contributed by atoms with Crippen molar-refractivity contribution < 1.29 is 9.32 Å². The normalized spacial score (nSPS) is 23.8. The SMILES string of the molecule is Cc1ccc(-c2cc(C(=O)N3CCC4CCC(C3)N4)on2)cc1. The number of rotatable bonds is 2. The van der Waals surface area contributed by atoms with Crippen LogP contribution in [0.1, 0.15) is 35.4 Å². The maximum atomic E-state index is 12.7. The molecule has 1 aromatic carbocycles. The van der Waals surface area contributed by atoms with Gasteiger partial charge in [-0.3, -0.25) is 4.79 Å². The number of carbonyl (C=O) groups is 1. The van der Waals surface area contributed by atoms with Crippen molar-refractivity contribution in [3.05, 3.63) is 41.7 Å². The van der Waals surface area contributed by atoms with E-state index in [4.69, 9.17) is 4.52 Å². The molecule has 2 aliphatic heterocycles. The highest BCUT2D eigenvalue weighted by Crippen LogP contribution is 2.24. The zero-order valence-corrected chi connectivity index (χ0v) is 13.3. The second-order valence-corrected chi connectivity index (χ2v) is 6.62. The predicted molar refractivity (Wildman–Crippen MR) is 87.1 cm³/mol. The third-order valence-corrected chi connectivity index (χ3v) is 4.88. The van der Waals surface area contributed by atoms with E-state index in [1.165, 1.54) is 12.0 Å². The molecule has 0 radical (unpaired) electrons. The molecule has 2 fully saturated rings. The molecule has 120 valence electrons. The van der Waals surface area contributed by atoms with Crippen molar-refractivity contribution in [1.82, 2.24) is 15.4 Å². The summed E-state index contributed by atoms with van der Waals surface area (Å²) < 4.78 is 5.32. The number of amides is 1. The molecule has 2 aliphatic rings. The Bertz CT molecular complexity index is 707. The van der Waals surface area contributed by atoms with E-state index in [0.717, 1.165) is 31.5 Å². The Morgan fingerprint density at radius 2 is 2.00 bits per heavy atom. The van der Waals surface area contributed by atoms with Crippen LogP contribution in [0.4, 0.5) is 0 Å². The zero-order valence-electron chi connectivity index (χ0n) is 13.3. The molecule has 2 atom stereocenters. The van der Waals surface area contributed by atoms with E-state index in [1.807, 2.05) is 36.1 Å². The predicted octanol–water partition coefficient (Wildman–Crippen LogP) is 2.62. The molecular formula is C18H21N3O2. The van der Waals surface area contributed by atoms with Crippen molar-refractivity contribution in [2.45, 2.75) is 38.3 Å². The lowest BCUT2D eigenvalue weighted by Gasteiger charge is -2.22. The van der Waals surface area contributed by atoms with Gasteiger partial charge in [0.05, 0.1) is 0 Å². The molecule has 23 heavy (non-hydrogen) atoms. The van der Waals surface area contributed by atoms with Gasteiger partial charge in [-0.15, -0.1) is 0 Å². The molecule has 2 aromatic rings. The molecule has 5 nitrogen and oxygen atoms in total. The van der Waals surface area contributed by atoms with E-state index in [0.29, 0.717) is 23.5 Å². The quantitative estimate of drug-likeness (QED) is 0.926. The van der Waals surface area contributed by atoms with E-state index in [1.54, 1.807) is 6.07 Å². The summed E-state index contributed by atoms with van der Waals surface area (Å²) >= 11 is 0. The van der Waals surface area contributed by atoms with Gasteiger partial charge < -0.3 is 14.7 Å². The average molecular weight is 311 g/mol. The Balaban J connectivity index is 1.51. The van der Waals surface area contributed by atoms with Gasteiger partial charge in [0.25, 0.3) is 5.91 Å². The minimum absolute atomic E-state index is 0.0507. The molecule has 4 rings (SSSR count). The van der Waals surface area contributed by atoms with Crippen LogP contribution >= 0.6 is 0 Å². The highest BCUT2D eigenvalue weighted by atomic mass is 16.5. The fourth-order valence-electron chi connectivity index (χ4n) is 3.52. The number of nitrogens with one attached hydrogen (secondary N) is 1. The van der Waals surface area contributed by atoms with Crippen molar-refractivity contribution in [3.63, 3.8) is 0 Å². The standard InChI is InChI=1S/C18H21N3O2/c1-12-2-4-13(5-3-12)16-10-17(23-20-16)18(22)21-9-8-14-6-7-15(11-21)19-14/h2-5,10,14-15,19H,6-9,11H2,1H3. The summed E-state index contributed by atoms with van der Waals surface area (Å²) in [5.41, 5.74) is 2.87. The number of aromatic nitrogens is 1. The molecule has 2 saturated heterocycles. The van der Waals surface area contributed by atoms with Crippen LogP contribution in [-0.2, 0) is 0 Å². The van der Waals surface area contributed by atoms with Crippen LogP contribution in [0.15, 0.2) is 34.9 Å². The number of likely N-dealkylation sites (tertiary alicyclic amines) is 1. The Kier molecular flexibility index (Phi) is 3.65. The zero-order chi connectivity index (χ0) is 15.8. The van der Waals surface area contributed by atoms with Crippen molar-refractivity contribution >= 4 is 5.91 Å². The minimum atomic E-state index is -0.0507. The molecule has 1 aromatic heterocycles. The number of fused-ring (bicyclic) bond motifs is 2. The summed E-state index contributed by atoms with van der Waals surface area (Å²) in [5.74, 6) is 0.281. The van der Waals surface area contributed by atoms with Crippen LogP contribution in [-0.4, -0.2) is 41.1 Å². The first-order valence-corrected chi connectivity index (χ1v) is 8.28. The fourth-order valence-corrected chi connectivity index (χ4v) is 3.52. The van der Waals surface area contributed by atoms with Crippen molar-refractivity contribution in [2.24, 2.45) is 0 Å². The molecule has 1 N–H and O–H groups in total. The Morgan fingerprint density at radius 1 is 1.22 bits per heavy atom. The van der Waals surface area contributed by atoms with Gasteiger partial charge in [-0.1, -0.05) is 35.0 Å². The van der Waals surface area contributed by atoms with Crippen molar-refractivity contribution in [1.29, 1.82) is 0 Å².